The molecular formula is C19H24N8O. The van der Waals surface area contributed by atoms with Crippen LogP contribution in [0.5, 0.6) is 0 Å². The SMILES string of the molecule is CN=C(NCc1ccnc(-n2cccn2)c1)N1CCN(Cc2ccon2)CC1. The molecule has 0 aliphatic carbocycles. The summed E-state index contributed by atoms with van der Waals surface area (Å²) in [4.78, 5) is 13.5. The van der Waals surface area contributed by atoms with Crippen molar-refractivity contribution in [2.24, 2.45) is 4.99 Å². The van der Waals surface area contributed by atoms with E-state index in [-0.39, 0.29) is 0 Å². The van der Waals surface area contributed by atoms with Crippen LogP contribution >= 0.6 is 0 Å². The highest BCUT2D eigenvalue weighted by atomic mass is 16.5. The molecule has 9 nitrogen and oxygen atoms in total. The average Bonchev–Trinajstić information content (AvgIpc) is 3.44. The number of piperazine rings is 1. The van der Waals surface area contributed by atoms with E-state index >= 15 is 0 Å². The molecule has 1 N–H and O–H groups in total. The van der Waals surface area contributed by atoms with Gasteiger partial charge in [-0.25, -0.2) is 9.67 Å². The zero-order valence-electron chi connectivity index (χ0n) is 15.9. The Labute approximate surface area is 163 Å². The second-order valence-corrected chi connectivity index (χ2v) is 6.63. The van der Waals surface area contributed by atoms with E-state index in [0.717, 1.165) is 55.8 Å². The second-order valence-electron chi connectivity index (χ2n) is 6.63. The first-order chi connectivity index (χ1) is 13.8. The zero-order valence-corrected chi connectivity index (χ0v) is 15.9. The molecule has 0 saturated carbocycles. The Hall–Kier alpha value is -3.20. The Kier molecular flexibility index (Phi) is 5.62. The molecule has 1 fully saturated rings. The van der Waals surface area contributed by atoms with Crippen LogP contribution in [0.2, 0.25) is 0 Å². The number of hydrogen-bond donors (Lipinski definition) is 1. The van der Waals surface area contributed by atoms with Gasteiger partial charge in [0.15, 0.2) is 11.8 Å². The maximum Gasteiger partial charge on any atom is 0.194 e. The third kappa shape index (κ3) is 4.37. The summed E-state index contributed by atoms with van der Waals surface area (Å²) in [6.07, 6.45) is 7.06. The molecule has 1 saturated heterocycles. The summed E-state index contributed by atoms with van der Waals surface area (Å²) in [5.41, 5.74) is 2.10. The molecular weight excluding hydrogens is 356 g/mol. The van der Waals surface area contributed by atoms with Crippen molar-refractivity contribution in [2.75, 3.05) is 33.2 Å². The number of guanidine groups is 1. The van der Waals surface area contributed by atoms with E-state index in [4.69, 9.17) is 4.52 Å². The van der Waals surface area contributed by atoms with Crippen LogP contribution < -0.4 is 5.32 Å². The van der Waals surface area contributed by atoms with Crippen molar-refractivity contribution < 1.29 is 4.52 Å². The maximum absolute atomic E-state index is 4.91. The van der Waals surface area contributed by atoms with Crippen molar-refractivity contribution in [1.82, 2.24) is 35.0 Å². The van der Waals surface area contributed by atoms with Gasteiger partial charge < -0.3 is 14.7 Å². The summed E-state index contributed by atoms with van der Waals surface area (Å²) < 4.78 is 6.67. The summed E-state index contributed by atoms with van der Waals surface area (Å²) in [7, 11) is 1.83. The molecule has 0 radical (unpaired) electrons. The van der Waals surface area contributed by atoms with E-state index in [1.807, 2.05) is 37.5 Å². The fraction of sp³-hybridized carbons (Fsp3) is 0.368. The minimum atomic E-state index is 0.683. The lowest BCUT2D eigenvalue weighted by atomic mass is 10.2. The molecule has 0 unspecified atom stereocenters. The Morgan fingerprint density at radius 2 is 2.11 bits per heavy atom. The fourth-order valence-electron chi connectivity index (χ4n) is 3.28. The summed E-state index contributed by atoms with van der Waals surface area (Å²) in [6.45, 7) is 5.28. The number of hydrogen-bond acceptors (Lipinski definition) is 6. The summed E-state index contributed by atoms with van der Waals surface area (Å²) in [5, 5.41) is 11.7. The third-order valence-electron chi connectivity index (χ3n) is 4.76. The molecule has 0 spiro atoms. The fourth-order valence-corrected chi connectivity index (χ4v) is 3.28. The van der Waals surface area contributed by atoms with Crippen molar-refractivity contribution in [3.63, 3.8) is 0 Å². The van der Waals surface area contributed by atoms with Gasteiger partial charge in [0.05, 0.1) is 5.69 Å². The minimum Gasteiger partial charge on any atom is -0.364 e. The van der Waals surface area contributed by atoms with Crippen molar-refractivity contribution >= 4 is 5.96 Å². The van der Waals surface area contributed by atoms with Crippen LogP contribution in [0.3, 0.4) is 0 Å². The van der Waals surface area contributed by atoms with Crippen LogP contribution in [0.25, 0.3) is 5.82 Å². The minimum absolute atomic E-state index is 0.683. The van der Waals surface area contributed by atoms with Gasteiger partial charge in [-0.15, -0.1) is 0 Å². The van der Waals surface area contributed by atoms with Gasteiger partial charge in [-0.3, -0.25) is 9.89 Å². The lowest BCUT2D eigenvalue weighted by Crippen LogP contribution is -2.52. The van der Waals surface area contributed by atoms with Crippen LogP contribution in [0.1, 0.15) is 11.3 Å². The number of aliphatic imine (C=N–C) groups is 1. The van der Waals surface area contributed by atoms with Crippen LogP contribution in [-0.2, 0) is 13.1 Å². The van der Waals surface area contributed by atoms with E-state index in [2.05, 4.69) is 35.3 Å². The third-order valence-corrected chi connectivity index (χ3v) is 4.76. The molecule has 1 aliphatic rings. The zero-order chi connectivity index (χ0) is 19.2. The Balaban J connectivity index is 1.30. The summed E-state index contributed by atoms with van der Waals surface area (Å²) >= 11 is 0. The number of nitrogens with one attached hydrogen (secondary N) is 1. The second kappa shape index (κ2) is 8.66. The van der Waals surface area contributed by atoms with Gasteiger partial charge in [0.2, 0.25) is 0 Å². The van der Waals surface area contributed by atoms with E-state index in [0.29, 0.717) is 6.54 Å². The monoisotopic (exact) mass is 380 g/mol. The first-order valence-electron chi connectivity index (χ1n) is 9.34. The molecule has 0 aromatic carbocycles. The van der Waals surface area contributed by atoms with Gasteiger partial charge in [-0.2, -0.15) is 5.10 Å². The first-order valence-corrected chi connectivity index (χ1v) is 9.34. The molecule has 4 heterocycles. The Morgan fingerprint density at radius 3 is 2.82 bits per heavy atom. The smallest absolute Gasteiger partial charge is 0.194 e. The van der Waals surface area contributed by atoms with Crippen molar-refractivity contribution in [1.29, 1.82) is 0 Å². The van der Waals surface area contributed by atoms with Gasteiger partial charge >= 0.3 is 0 Å². The molecule has 3 aromatic heterocycles. The van der Waals surface area contributed by atoms with Crippen molar-refractivity contribution in [3.05, 3.63) is 60.4 Å². The van der Waals surface area contributed by atoms with Crippen LogP contribution in [0.15, 0.2) is 58.6 Å². The van der Waals surface area contributed by atoms with E-state index < -0.39 is 0 Å². The molecule has 0 amide bonds. The molecule has 1 aliphatic heterocycles. The molecule has 146 valence electrons. The van der Waals surface area contributed by atoms with Crippen molar-refractivity contribution in [3.8, 4) is 5.82 Å². The molecule has 28 heavy (non-hydrogen) atoms. The van der Waals surface area contributed by atoms with Gasteiger partial charge in [-0.1, -0.05) is 5.16 Å². The average molecular weight is 380 g/mol. The van der Waals surface area contributed by atoms with Crippen LogP contribution in [-0.4, -0.2) is 68.9 Å². The number of nitrogens with zero attached hydrogens (tertiary/aromatic N) is 7. The van der Waals surface area contributed by atoms with Crippen molar-refractivity contribution in [2.45, 2.75) is 13.1 Å². The number of pyridine rings is 1. The van der Waals surface area contributed by atoms with Gasteiger partial charge in [-0.05, 0) is 23.8 Å². The van der Waals surface area contributed by atoms with E-state index in [1.54, 1.807) is 23.3 Å². The quantitative estimate of drug-likeness (QED) is 0.525. The predicted molar refractivity (Wildman–Crippen MR) is 105 cm³/mol. The molecule has 0 atom stereocenters. The van der Waals surface area contributed by atoms with Crippen LogP contribution in [0.4, 0.5) is 0 Å². The lowest BCUT2D eigenvalue weighted by molar-refractivity contribution is 0.169. The number of rotatable bonds is 5. The summed E-state index contributed by atoms with van der Waals surface area (Å²) in [6, 6.07) is 7.84. The highest BCUT2D eigenvalue weighted by Gasteiger charge is 2.20. The molecule has 0 bridgehead atoms. The molecule has 9 heteroatoms. The topological polar surface area (TPSA) is 87.6 Å². The normalized spacial score (nSPS) is 15.8. The highest BCUT2D eigenvalue weighted by Crippen LogP contribution is 2.09. The molecule has 4 rings (SSSR count). The predicted octanol–water partition coefficient (Wildman–Crippen LogP) is 1.15. The maximum atomic E-state index is 4.91. The summed E-state index contributed by atoms with van der Waals surface area (Å²) in [5.74, 6) is 1.72. The largest absolute Gasteiger partial charge is 0.364 e. The highest BCUT2D eigenvalue weighted by molar-refractivity contribution is 5.80. The van der Waals surface area contributed by atoms with Crippen LogP contribution in [0, 0.1) is 0 Å². The van der Waals surface area contributed by atoms with Gasteiger partial charge in [0.1, 0.15) is 6.26 Å². The van der Waals surface area contributed by atoms with Gasteiger partial charge in [0.25, 0.3) is 0 Å². The van der Waals surface area contributed by atoms with E-state index in [1.165, 1.54) is 0 Å². The lowest BCUT2D eigenvalue weighted by Gasteiger charge is -2.36. The first kappa shape index (κ1) is 18.2. The van der Waals surface area contributed by atoms with Gasteiger partial charge in [0, 0.05) is 71.0 Å². The number of aromatic nitrogens is 4. The molecule has 3 aromatic rings. The Morgan fingerprint density at radius 1 is 1.21 bits per heavy atom. The Bertz CT molecular complexity index is 883. The van der Waals surface area contributed by atoms with E-state index in [9.17, 15) is 0 Å². The standard InChI is InChI=1S/C19H24N8O/c1-20-19(26-10-8-25(9-11-26)15-17-4-12-28-24-17)22-14-16-3-6-21-18(13-16)27-7-2-5-23-27/h2-7,12-13H,8-11,14-15H2,1H3,(H,20,22).